The Hall–Kier alpha value is -1.30. The molecule has 2 atom stereocenters. The minimum absolute atomic E-state index is 0.0116. The van der Waals surface area contributed by atoms with E-state index in [0.717, 1.165) is 31.4 Å². The van der Waals surface area contributed by atoms with Crippen LogP contribution in [0.4, 0.5) is 0 Å². The lowest BCUT2D eigenvalue weighted by atomic mass is 10.1. The summed E-state index contributed by atoms with van der Waals surface area (Å²) in [5.74, 6) is -1.08. The van der Waals surface area contributed by atoms with Crippen molar-refractivity contribution >= 4 is 17.7 Å². The standard InChI is InChI=1S/C13H18N2O3S/c1-2-4-8-7-11(16)15-13(14-8)19-10-6-3-5-9(10)12(17)18/h7,9-10H,2-6H2,1H3,(H,17,18)(H,14,15,16). The summed E-state index contributed by atoms with van der Waals surface area (Å²) in [6, 6.07) is 1.51. The molecular weight excluding hydrogens is 264 g/mol. The zero-order valence-electron chi connectivity index (χ0n) is 10.9. The van der Waals surface area contributed by atoms with Crippen LogP contribution in [-0.4, -0.2) is 26.3 Å². The van der Waals surface area contributed by atoms with E-state index in [2.05, 4.69) is 9.97 Å². The van der Waals surface area contributed by atoms with Crippen molar-refractivity contribution in [2.24, 2.45) is 5.92 Å². The number of aryl methyl sites for hydroxylation is 1. The van der Waals surface area contributed by atoms with Gasteiger partial charge in [0.15, 0.2) is 5.16 Å². The number of aliphatic carboxylic acids is 1. The van der Waals surface area contributed by atoms with E-state index in [0.29, 0.717) is 11.6 Å². The zero-order chi connectivity index (χ0) is 13.8. The van der Waals surface area contributed by atoms with Gasteiger partial charge in [0, 0.05) is 17.0 Å². The van der Waals surface area contributed by atoms with E-state index in [1.54, 1.807) is 0 Å². The Morgan fingerprint density at radius 3 is 3.05 bits per heavy atom. The van der Waals surface area contributed by atoms with Crippen LogP contribution in [0, 0.1) is 5.92 Å². The second-order valence-corrected chi connectivity index (χ2v) is 6.05. The monoisotopic (exact) mass is 282 g/mol. The van der Waals surface area contributed by atoms with Crippen LogP contribution in [0.15, 0.2) is 16.0 Å². The number of carboxylic acid groups (broad SMARTS) is 1. The highest BCUT2D eigenvalue weighted by molar-refractivity contribution is 7.99. The lowest BCUT2D eigenvalue weighted by Crippen LogP contribution is -2.21. The first-order chi connectivity index (χ1) is 9.10. The molecule has 0 aromatic carbocycles. The summed E-state index contributed by atoms with van der Waals surface area (Å²) in [4.78, 5) is 29.8. The predicted molar refractivity (Wildman–Crippen MR) is 73.5 cm³/mol. The normalized spacial score (nSPS) is 22.6. The third-order valence-corrected chi connectivity index (χ3v) is 4.60. The number of nitrogens with zero attached hydrogens (tertiary/aromatic N) is 1. The number of rotatable bonds is 5. The van der Waals surface area contributed by atoms with Gasteiger partial charge < -0.3 is 10.1 Å². The van der Waals surface area contributed by atoms with Gasteiger partial charge in [-0.2, -0.15) is 0 Å². The summed E-state index contributed by atoms with van der Waals surface area (Å²) >= 11 is 1.39. The lowest BCUT2D eigenvalue weighted by molar-refractivity contribution is -0.141. The average Bonchev–Trinajstić information content (AvgIpc) is 2.76. The van der Waals surface area contributed by atoms with E-state index in [9.17, 15) is 9.59 Å². The molecule has 1 aliphatic rings. The molecule has 5 nitrogen and oxygen atoms in total. The van der Waals surface area contributed by atoms with Gasteiger partial charge in [-0.25, -0.2) is 4.98 Å². The molecule has 0 radical (unpaired) electrons. The highest BCUT2D eigenvalue weighted by Gasteiger charge is 2.34. The van der Waals surface area contributed by atoms with Gasteiger partial charge in [0.25, 0.3) is 5.56 Å². The van der Waals surface area contributed by atoms with E-state index in [4.69, 9.17) is 5.11 Å². The summed E-state index contributed by atoms with van der Waals surface area (Å²) in [6.07, 6.45) is 4.20. The summed E-state index contributed by atoms with van der Waals surface area (Å²) in [5, 5.41) is 9.71. The first kappa shape index (κ1) is 14.1. The van der Waals surface area contributed by atoms with Gasteiger partial charge in [0.1, 0.15) is 0 Å². The molecule has 19 heavy (non-hydrogen) atoms. The molecule has 0 bridgehead atoms. The molecule has 1 aromatic heterocycles. The summed E-state index contributed by atoms with van der Waals surface area (Å²) in [6.45, 7) is 2.03. The lowest BCUT2D eigenvalue weighted by Gasteiger charge is -2.14. The van der Waals surface area contributed by atoms with Gasteiger partial charge in [0.05, 0.1) is 5.92 Å². The summed E-state index contributed by atoms with van der Waals surface area (Å²) < 4.78 is 0. The van der Waals surface area contributed by atoms with Crippen LogP contribution in [0.3, 0.4) is 0 Å². The molecule has 6 heteroatoms. The molecule has 0 aliphatic heterocycles. The van der Waals surface area contributed by atoms with Gasteiger partial charge in [-0.05, 0) is 19.3 Å². The van der Waals surface area contributed by atoms with Crippen molar-refractivity contribution in [1.29, 1.82) is 0 Å². The Balaban J connectivity index is 2.14. The second-order valence-electron chi connectivity index (χ2n) is 4.82. The first-order valence-electron chi connectivity index (χ1n) is 6.60. The number of nitrogens with one attached hydrogen (secondary N) is 1. The smallest absolute Gasteiger partial charge is 0.307 e. The fourth-order valence-corrected chi connectivity index (χ4v) is 3.73. The van der Waals surface area contributed by atoms with Crippen LogP contribution in [0.1, 0.15) is 38.3 Å². The number of carbonyl (C=O) groups is 1. The van der Waals surface area contributed by atoms with Gasteiger partial charge in [-0.1, -0.05) is 31.5 Å². The molecule has 2 unspecified atom stereocenters. The van der Waals surface area contributed by atoms with E-state index < -0.39 is 5.97 Å². The number of hydrogen-bond acceptors (Lipinski definition) is 4. The van der Waals surface area contributed by atoms with Gasteiger partial charge >= 0.3 is 5.97 Å². The molecule has 1 heterocycles. The molecule has 104 valence electrons. The number of hydrogen-bond donors (Lipinski definition) is 2. The van der Waals surface area contributed by atoms with E-state index >= 15 is 0 Å². The quantitative estimate of drug-likeness (QED) is 0.808. The van der Waals surface area contributed by atoms with Crippen molar-refractivity contribution in [3.8, 4) is 0 Å². The Bertz CT molecular complexity index is 515. The second kappa shape index (κ2) is 6.23. The topological polar surface area (TPSA) is 83.0 Å². The molecule has 1 aromatic rings. The number of carboxylic acids is 1. The fourth-order valence-electron chi connectivity index (χ4n) is 2.42. The summed E-state index contributed by atoms with van der Waals surface area (Å²) in [5.41, 5.74) is 0.615. The van der Waals surface area contributed by atoms with Crippen molar-refractivity contribution < 1.29 is 9.90 Å². The van der Waals surface area contributed by atoms with Crippen LogP contribution in [0.2, 0.25) is 0 Å². The van der Waals surface area contributed by atoms with E-state index in [1.165, 1.54) is 17.8 Å². The number of thioether (sulfide) groups is 1. The number of H-pyrrole nitrogens is 1. The molecule has 2 rings (SSSR count). The Morgan fingerprint density at radius 1 is 1.58 bits per heavy atom. The molecule has 0 saturated heterocycles. The van der Waals surface area contributed by atoms with Crippen molar-refractivity contribution in [2.45, 2.75) is 49.4 Å². The predicted octanol–water partition coefficient (Wildman–Crippen LogP) is 2.07. The van der Waals surface area contributed by atoms with Crippen LogP contribution in [0.25, 0.3) is 0 Å². The number of aromatic nitrogens is 2. The SMILES string of the molecule is CCCc1cc(=O)[nH]c(SC2CCCC2C(=O)O)n1. The minimum atomic E-state index is -0.748. The molecule has 1 fully saturated rings. The van der Waals surface area contributed by atoms with Gasteiger partial charge in [-0.3, -0.25) is 9.59 Å². The van der Waals surface area contributed by atoms with Crippen LogP contribution in [0.5, 0.6) is 0 Å². The van der Waals surface area contributed by atoms with Gasteiger partial charge in [-0.15, -0.1) is 0 Å². The Kier molecular flexibility index (Phi) is 4.63. The van der Waals surface area contributed by atoms with E-state index in [-0.39, 0.29) is 16.7 Å². The molecule has 0 spiro atoms. The highest BCUT2D eigenvalue weighted by Crippen LogP contribution is 2.37. The molecular formula is C13H18N2O3S. The van der Waals surface area contributed by atoms with Crippen molar-refractivity contribution in [2.75, 3.05) is 0 Å². The van der Waals surface area contributed by atoms with Crippen molar-refractivity contribution in [1.82, 2.24) is 9.97 Å². The largest absolute Gasteiger partial charge is 0.481 e. The molecule has 1 aliphatic carbocycles. The maximum Gasteiger partial charge on any atom is 0.307 e. The Labute approximate surface area is 115 Å². The first-order valence-corrected chi connectivity index (χ1v) is 7.48. The van der Waals surface area contributed by atoms with Crippen LogP contribution >= 0.6 is 11.8 Å². The third-order valence-electron chi connectivity index (χ3n) is 3.31. The third kappa shape index (κ3) is 3.59. The molecule has 1 saturated carbocycles. The van der Waals surface area contributed by atoms with Crippen LogP contribution in [-0.2, 0) is 11.2 Å². The van der Waals surface area contributed by atoms with Crippen molar-refractivity contribution in [3.63, 3.8) is 0 Å². The Morgan fingerprint density at radius 2 is 2.37 bits per heavy atom. The van der Waals surface area contributed by atoms with Crippen molar-refractivity contribution in [3.05, 3.63) is 22.1 Å². The minimum Gasteiger partial charge on any atom is -0.481 e. The fraction of sp³-hybridized carbons (Fsp3) is 0.615. The van der Waals surface area contributed by atoms with E-state index in [1.807, 2.05) is 6.92 Å². The number of aromatic amines is 1. The highest BCUT2D eigenvalue weighted by atomic mass is 32.2. The van der Waals surface area contributed by atoms with Gasteiger partial charge in [0.2, 0.25) is 0 Å². The molecule has 2 N–H and O–H groups in total. The zero-order valence-corrected chi connectivity index (χ0v) is 11.7. The average molecular weight is 282 g/mol. The van der Waals surface area contributed by atoms with Crippen LogP contribution < -0.4 is 5.56 Å². The summed E-state index contributed by atoms with van der Waals surface area (Å²) in [7, 11) is 0. The molecule has 0 amide bonds. The maximum absolute atomic E-state index is 11.5. The maximum atomic E-state index is 11.5.